The predicted molar refractivity (Wildman–Crippen MR) is 238 cm³/mol. The molecule has 0 amide bonds. The molecule has 1 aliphatic rings. The SMILES string of the molecule is CCCCC/C=C/C/C=C/C/C=C/CCCCCCC(=O)O[C@H](COC(=O)CCCC/C=C/C/C=C/CCCCCCCC)CO[C@H]1O[C@H](CS(=O)(=O)O)[C@@H](O)C(O)C1O. The molecule has 0 aromatic rings. The lowest BCUT2D eigenvalue weighted by molar-refractivity contribution is -0.297. The lowest BCUT2D eigenvalue weighted by atomic mass is 10.00. The van der Waals surface area contributed by atoms with Crippen LogP contribution in [0.3, 0.4) is 0 Å². The zero-order chi connectivity index (χ0) is 44.1. The van der Waals surface area contributed by atoms with Crippen molar-refractivity contribution in [1.82, 2.24) is 0 Å². The number of carbonyl (C=O) groups is 2. The quantitative estimate of drug-likeness (QED) is 0.0201. The number of rotatable bonds is 37. The largest absolute Gasteiger partial charge is 0.462 e. The summed E-state index contributed by atoms with van der Waals surface area (Å²) in [6, 6.07) is 0. The molecule has 60 heavy (non-hydrogen) atoms. The number of allylic oxidation sites excluding steroid dienone is 10. The maximum atomic E-state index is 12.8. The zero-order valence-electron chi connectivity index (χ0n) is 36.8. The van der Waals surface area contributed by atoms with Gasteiger partial charge in [0.25, 0.3) is 10.1 Å². The summed E-state index contributed by atoms with van der Waals surface area (Å²) in [4.78, 5) is 25.4. The average Bonchev–Trinajstić information content (AvgIpc) is 3.21. The Hall–Kier alpha value is -2.65. The molecule has 1 heterocycles. The molecular formula is C47H80O12S. The first kappa shape index (κ1) is 55.4. The number of esters is 2. The van der Waals surface area contributed by atoms with Crippen molar-refractivity contribution in [3.05, 3.63) is 60.8 Å². The first-order valence-corrected chi connectivity index (χ1v) is 24.5. The summed E-state index contributed by atoms with van der Waals surface area (Å²) in [5.74, 6) is -2.06. The number of hydrogen-bond donors (Lipinski definition) is 4. The molecule has 0 radical (unpaired) electrons. The third kappa shape index (κ3) is 31.2. The summed E-state index contributed by atoms with van der Waals surface area (Å²) < 4.78 is 54.0. The Balaban J connectivity index is 2.50. The minimum atomic E-state index is -4.61. The van der Waals surface area contributed by atoms with Crippen molar-refractivity contribution in [3.63, 3.8) is 0 Å². The number of unbranched alkanes of at least 4 members (excludes halogenated alkanes) is 15. The van der Waals surface area contributed by atoms with Crippen molar-refractivity contribution in [2.24, 2.45) is 0 Å². The van der Waals surface area contributed by atoms with Crippen LogP contribution in [-0.4, -0.2) is 96.0 Å². The predicted octanol–water partition coefficient (Wildman–Crippen LogP) is 9.34. The van der Waals surface area contributed by atoms with Gasteiger partial charge in [0, 0.05) is 12.8 Å². The van der Waals surface area contributed by atoms with Crippen LogP contribution in [0, 0.1) is 0 Å². The van der Waals surface area contributed by atoms with E-state index in [2.05, 4.69) is 74.6 Å². The number of hydrogen-bond acceptors (Lipinski definition) is 11. The van der Waals surface area contributed by atoms with E-state index in [-0.39, 0.29) is 19.4 Å². The minimum Gasteiger partial charge on any atom is -0.462 e. The molecule has 0 saturated carbocycles. The first-order chi connectivity index (χ1) is 29.0. The van der Waals surface area contributed by atoms with Crippen LogP contribution in [0.5, 0.6) is 0 Å². The van der Waals surface area contributed by atoms with E-state index >= 15 is 0 Å². The molecule has 0 aromatic heterocycles. The Bertz CT molecular complexity index is 1340. The van der Waals surface area contributed by atoms with Gasteiger partial charge in [-0.05, 0) is 83.5 Å². The molecule has 13 heteroatoms. The molecule has 1 fully saturated rings. The maximum absolute atomic E-state index is 12.8. The Labute approximate surface area is 362 Å². The van der Waals surface area contributed by atoms with E-state index in [4.69, 9.17) is 18.9 Å². The standard InChI is InChI=1S/C47H80O12S/c1-3-5-7-9-11-13-15-17-19-20-22-24-26-28-30-32-34-36-43(49)58-40(38-57-47-46(52)45(51)44(50)41(59-47)39-60(53,54)55)37-56-42(48)35-33-31-29-27-25-23-21-18-16-14-12-10-8-6-4-2/h11,13,17-19,21-22,24-25,27,40-41,44-47,50-52H,3-10,12,14-16,20,23,26,28-39H2,1-2H3,(H,53,54,55)/b13-11+,19-17+,21-18+,24-22+,27-25+/t40-,41-,44-,45?,46?,47+/m1/s1. The van der Waals surface area contributed by atoms with Crippen LogP contribution >= 0.6 is 0 Å². The zero-order valence-corrected chi connectivity index (χ0v) is 37.6. The van der Waals surface area contributed by atoms with Crippen LogP contribution in [0.1, 0.15) is 168 Å². The van der Waals surface area contributed by atoms with Gasteiger partial charge in [0.15, 0.2) is 12.4 Å². The van der Waals surface area contributed by atoms with Gasteiger partial charge in [-0.25, -0.2) is 0 Å². The van der Waals surface area contributed by atoms with E-state index in [1.165, 1.54) is 57.8 Å². The van der Waals surface area contributed by atoms with Gasteiger partial charge in [0.1, 0.15) is 36.8 Å². The van der Waals surface area contributed by atoms with Gasteiger partial charge in [0.05, 0.1) is 6.61 Å². The fraction of sp³-hybridized carbons (Fsp3) is 0.745. The highest BCUT2D eigenvalue weighted by Crippen LogP contribution is 2.24. The fourth-order valence-corrected chi connectivity index (χ4v) is 7.17. The molecule has 1 aliphatic heterocycles. The molecular weight excluding hydrogens is 789 g/mol. The highest BCUT2D eigenvalue weighted by Gasteiger charge is 2.46. The highest BCUT2D eigenvalue weighted by atomic mass is 32.2. The fourth-order valence-electron chi connectivity index (χ4n) is 6.48. The van der Waals surface area contributed by atoms with Crippen molar-refractivity contribution < 1.29 is 56.8 Å². The van der Waals surface area contributed by atoms with Crippen LogP contribution in [0.25, 0.3) is 0 Å². The molecule has 12 nitrogen and oxygen atoms in total. The normalized spacial score (nSPS) is 20.7. The second-order valence-electron chi connectivity index (χ2n) is 15.7. The summed E-state index contributed by atoms with van der Waals surface area (Å²) >= 11 is 0. The number of carbonyl (C=O) groups excluding carboxylic acids is 2. The summed E-state index contributed by atoms with van der Waals surface area (Å²) in [7, 11) is -4.61. The smallest absolute Gasteiger partial charge is 0.306 e. The Morgan fingerprint density at radius 3 is 1.55 bits per heavy atom. The summed E-state index contributed by atoms with van der Waals surface area (Å²) in [6.45, 7) is 3.67. The molecule has 1 saturated heterocycles. The van der Waals surface area contributed by atoms with E-state index in [0.717, 1.165) is 70.6 Å². The molecule has 4 N–H and O–H groups in total. The lowest BCUT2D eigenvalue weighted by Gasteiger charge is -2.40. The van der Waals surface area contributed by atoms with Crippen molar-refractivity contribution in [3.8, 4) is 0 Å². The Morgan fingerprint density at radius 1 is 0.567 bits per heavy atom. The van der Waals surface area contributed by atoms with Crippen molar-refractivity contribution in [2.75, 3.05) is 19.0 Å². The summed E-state index contributed by atoms with van der Waals surface area (Å²) in [5, 5.41) is 30.9. The van der Waals surface area contributed by atoms with Crippen molar-refractivity contribution in [2.45, 2.75) is 205 Å². The molecule has 0 bridgehead atoms. The van der Waals surface area contributed by atoms with E-state index in [0.29, 0.717) is 12.8 Å². The van der Waals surface area contributed by atoms with Gasteiger partial charge in [-0.2, -0.15) is 8.42 Å². The first-order valence-electron chi connectivity index (χ1n) is 22.8. The van der Waals surface area contributed by atoms with Crippen LogP contribution in [-0.2, 0) is 38.7 Å². The summed E-state index contributed by atoms with van der Waals surface area (Å²) in [5.41, 5.74) is 0. The lowest BCUT2D eigenvalue weighted by Crippen LogP contribution is -2.60. The maximum Gasteiger partial charge on any atom is 0.306 e. The topological polar surface area (TPSA) is 186 Å². The van der Waals surface area contributed by atoms with E-state index in [9.17, 15) is 37.9 Å². The number of aliphatic hydroxyl groups is 3. The second kappa shape index (κ2) is 37.0. The average molecular weight is 869 g/mol. The second-order valence-corrected chi connectivity index (χ2v) is 17.2. The van der Waals surface area contributed by atoms with Gasteiger partial charge < -0.3 is 34.3 Å². The Morgan fingerprint density at radius 2 is 1.00 bits per heavy atom. The van der Waals surface area contributed by atoms with Gasteiger partial charge in [-0.15, -0.1) is 0 Å². The van der Waals surface area contributed by atoms with Gasteiger partial charge in [0.2, 0.25) is 0 Å². The molecule has 346 valence electrons. The minimum absolute atomic E-state index is 0.129. The molecule has 0 aliphatic carbocycles. The highest BCUT2D eigenvalue weighted by molar-refractivity contribution is 7.85. The van der Waals surface area contributed by atoms with Crippen LogP contribution in [0.15, 0.2) is 60.8 Å². The number of ether oxygens (including phenoxy) is 4. The summed E-state index contributed by atoms with van der Waals surface area (Å²) in [6.07, 6.45) is 35.5. The third-order valence-corrected chi connectivity index (χ3v) is 10.8. The van der Waals surface area contributed by atoms with E-state index in [1.54, 1.807) is 0 Å². The molecule has 1 rings (SSSR count). The van der Waals surface area contributed by atoms with Gasteiger partial charge >= 0.3 is 11.9 Å². The van der Waals surface area contributed by atoms with Gasteiger partial charge in [-0.3, -0.25) is 14.1 Å². The van der Waals surface area contributed by atoms with Crippen LogP contribution < -0.4 is 0 Å². The molecule has 2 unspecified atom stereocenters. The van der Waals surface area contributed by atoms with Crippen molar-refractivity contribution in [1.29, 1.82) is 0 Å². The Kier molecular flexibility index (Phi) is 34.1. The van der Waals surface area contributed by atoms with Crippen LogP contribution in [0.2, 0.25) is 0 Å². The number of aliphatic hydroxyl groups excluding tert-OH is 3. The molecule has 0 aromatic carbocycles. The van der Waals surface area contributed by atoms with Crippen molar-refractivity contribution >= 4 is 22.1 Å². The third-order valence-electron chi connectivity index (χ3n) is 10.1. The monoisotopic (exact) mass is 869 g/mol. The van der Waals surface area contributed by atoms with E-state index < -0.39 is 71.2 Å². The van der Waals surface area contributed by atoms with E-state index in [1.807, 2.05) is 0 Å². The molecule has 6 atom stereocenters. The molecule has 0 spiro atoms. The van der Waals surface area contributed by atoms with Crippen LogP contribution in [0.4, 0.5) is 0 Å². The van der Waals surface area contributed by atoms with Gasteiger partial charge in [-0.1, -0.05) is 132 Å².